The number of hydrogen-bond acceptors (Lipinski definition) is 4. The molecule has 10 heavy (non-hydrogen) atoms. The summed E-state index contributed by atoms with van der Waals surface area (Å²) in [4.78, 5) is 13.5. The van der Waals surface area contributed by atoms with Crippen molar-refractivity contribution >= 4 is 22.4 Å². The second kappa shape index (κ2) is 4.00. The molecular weight excluding hydrogens is 229 g/mol. The van der Waals surface area contributed by atoms with Crippen LogP contribution in [0.2, 0.25) is 0 Å². The number of carboxylic acids is 1. The standard InChI is InChI=1S/C4H3N2O2S.Y/c5-4-6-2(1-9-4)3(7)8;/h(H2,5,6)(H,7,8);/q-1;. The zero-order valence-corrected chi connectivity index (χ0v) is 8.52. The van der Waals surface area contributed by atoms with E-state index in [2.05, 4.69) is 10.4 Å². The molecule has 0 amide bonds. The van der Waals surface area contributed by atoms with Crippen molar-refractivity contribution in [2.75, 3.05) is 5.73 Å². The van der Waals surface area contributed by atoms with Gasteiger partial charge in [-0.15, -0.1) is 0 Å². The molecule has 1 aromatic heterocycles. The summed E-state index contributed by atoms with van der Waals surface area (Å²) in [7, 11) is 0. The Hall–Kier alpha value is 0.00390. The van der Waals surface area contributed by atoms with Gasteiger partial charge in [-0.05, 0) is 0 Å². The summed E-state index contributed by atoms with van der Waals surface area (Å²) >= 11 is 0.994. The van der Waals surface area contributed by atoms with Crippen LogP contribution in [0.1, 0.15) is 10.5 Å². The number of thiazole rings is 1. The van der Waals surface area contributed by atoms with Crippen molar-refractivity contribution in [1.82, 2.24) is 4.98 Å². The van der Waals surface area contributed by atoms with Crippen LogP contribution in [0.4, 0.5) is 5.13 Å². The summed E-state index contributed by atoms with van der Waals surface area (Å²) in [5.41, 5.74) is 5.02. The van der Waals surface area contributed by atoms with E-state index in [0.29, 0.717) is 0 Å². The monoisotopic (exact) mass is 232 g/mol. The number of nitrogens with two attached hydrogens (primary N) is 1. The number of aromatic carboxylic acids is 1. The van der Waals surface area contributed by atoms with E-state index in [-0.39, 0.29) is 43.5 Å². The van der Waals surface area contributed by atoms with Crippen LogP contribution in [0.3, 0.4) is 0 Å². The van der Waals surface area contributed by atoms with E-state index >= 15 is 0 Å². The smallest absolute Gasteiger partial charge is 0.247 e. The van der Waals surface area contributed by atoms with Crippen LogP contribution in [-0.2, 0) is 32.7 Å². The van der Waals surface area contributed by atoms with Gasteiger partial charge in [0.15, 0.2) is 0 Å². The quantitative estimate of drug-likeness (QED) is 0.679. The summed E-state index contributed by atoms with van der Waals surface area (Å²) in [6, 6.07) is 0. The average molecular weight is 232 g/mol. The number of carboxylic acid groups (broad SMARTS) is 1. The summed E-state index contributed by atoms with van der Waals surface area (Å²) in [6.45, 7) is 0. The molecule has 1 rings (SSSR count). The molecular formula is C4H3N2O2SY-. The van der Waals surface area contributed by atoms with Crippen LogP contribution in [-0.4, -0.2) is 16.1 Å². The largest absolute Gasteiger partial charge is 0.533 e. The summed E-state index contributed by atoms with van der Waals surface area (Å²) in [5, 5.41) is 10.9. The van der Waals surface area contributed by atoms with Crippen molar-refractivity contribution in [3.8, 4) is 0 Å². The van der Waals surface area contributed by atoms with Gasteiger partial charge in [-0.1, -0.05) is 5.38 Å². The number of rotatable bonds is 1. The van der Waals surface area contributed by atoms with Crippen LogP contribution < -0.4 is 5.73 Å². The maximum atomic E-state index is 10.1. The van der Waals surface area contributed by atoms with Crippen molar-refractivity contribution in [3.05, 3.63) is 11.1 Å². The molecule has 0 aromatic carbocycles. The van der Waals surface area contributed by atoms with Crippen LogP contribution >= 0.6 is 11.3 Å². The zero-order chi connectivity index (χ0) is 6.85. The van der Waals surface area contributed by atoms with Crippen molar-refractivity contribution < 1.29 is 42.6 Å². The molecule has 51 valence electrons. The summed E-state index contributed by atoms with van der Waals surface area (Å²) in [5.74, 6) is -1.09. The number of anilines is 1. The Balaban J connectivity index is 0.000000810. The molecule has 0 saturated carbocycles. The van der Waals surface area contributed by atoms with Gasteiger partial charge in [-0.2, -0.15) is 0 Å². The Bertz CT molecular complexity index is 237. The van der Waals surface area contributed by atoms with E-state index in [4.69, 9.17) is 10.8 Å². The third-order valence-electron chi connectivity index (χ3n) is 0.677. The summed E-state index contributed by atoms with van der Waals surface area (Å²) < 4.78 is 0. The van der Waals surface area contributed by atoms with E-state index in [1.165, 1.54) is 0 Å². The molecule has 0 unspecified atom stereocenters. The predicted molar refractivity (Wildman–Crippen MR) is 32.3 cm³/mol. The molecule has 1 radical (unpaired) electrons. The minimum absolute atomic E-state index is 0. The van der Waals surface area contributed by atoms with Gasteiger partial charge in [-0.3, -0.25) is 0 Å². The topological polar surface area (TPSA) is 76.2 Å². The first-order chi connectivity index (χ1) is 4.20. The maximum Gasteiger partial charge on any atom is 0.247 e. The first kappa shape index (κ1) is 10.0. The molecule has 4 nitrogen and oxygen atoms in total. The fourth-order valence-corrected chi connectivity index (χ4v) is 0.819. The first-order valence-electron chi connectivity index (χ1n) is 2.07. The van der Waals surface area contributed by atoms with Crippen LogP contribution in [0.15, 0.2) is 0 Å². The third kappa shape index (κ3) is 2.32. The minimum Gasteiger partial charge on any atom is -0.533 e. The van der Waals surface area contributed by atoms with Gasteiger partial charge in [0.25, 0.3) is 0 Å². The van der Waals surface area contributed by atoms with Crippen molar-refractivity contribution in [2.45, 2.75) is 0 Å². The minimum atomic E-state index is -1.09. The Morgan fingerprint density at radius 2 is 2.40 bits per heavy atom. The molecule has 0 atom stereocenters. The Kier molecular flexibility index (Phi) is 4.00. The maximum absolute atomic E-state index is 10.1. The van der Waals surface area contributed by atoms with E-state index in [0.717, 1.165) is 11.3 Å². The number of carbonyl (C=O) groups is 1. The van der Waals surface area contributed by atoms with Crippen molar-refractivity contribution in [1.29, 1.82) is 0 Å². The molecule has 3 N–H and O–H groups in total. The molecule has 0 fully saturated rings. The van der Waals surface area contributed by atoms with E-state index in [1.807, 2.05) is 0 Å². The van der Waals surface area contributed by atoms with Gasteiger partial charge in [0.2, 0.25) is 5.97 Å². The average Bonchev–Trinajstić information content (AvgIpc) is 2.14. The van der Waals surface area contributed by atoms with Gasteiger partial charge in [-0.25, -0.2) is 11.3 Å². The third-order valence-corrected chi connectivity index (χ3v) is 1.27. The molecule has 0 spiro atoms. The van der Waals surface area contributed by atoms with Gasteiger partial charge >= 0.3 is 0 Å². The molecule has 0 aliphatic rings. The van der Waals surface area contributed by atoms with Crippen molar-refractivity contribution in [2.24, 2.45) is 0 Å². The molecule has 1 aromatic rings. The number of aromatic nitrogens is 1. The number of hydrogen-bond donors (Lipinski definition) is 2. The van der Waals surface area contributed by atoms with Gasteiger partial charge in [0, 0.05) is 38.4 Å². The first-order valence-corrected chi connectivity index (χ1v) is 2.89. The summed E-state index contributed by atoms with van der Waals surface area (Å²) in [6.07, 6.45) is 0. The predicted octanol–water partition coefficient (Wildman–Crippen LogP) is 0.221. The normalized spacial score (nSPS) is 8.40. The fraction of sp³-hybridized carbons (Fsp3) is 0. The van der Waals surface area contributed by atoms with E-state index < -0.39 is 5.97 Å². The second-order valence-electron chi connectivity index (χ2n) is 1.31. The molecule has 0 aliphatic carbocycles. The Morgan fingerprint density at radius 3 is 2.60 bits per heavy atom. The molecule has 1 heterocycles. The second-order valence-corrected chi connectivity index (χ2v) is 2.13. The SMILES string of the molecule is Nc1nc(C(=O)O)[c-]s1.[Y]. The van der Waals surface area contributed by atoms with E-state index in [9.17, 15) is 4.79 Å². The van der Waals surface area contributed by atoms with Crippen LogP contribution in [0, 0.1) is 5.38 Å². The van der Waals surface area contributed by atoms with Gasteiger partial charge in [0.05, 0.1) is 5.13 Å². The molecule has 0 bridgehead atoms. The Morgan fingerprint density at radius 1 is 1.80 bits per heavy atom. The van der Waals surface area contributed by atoms with Crippen LogP contribution in [0.25, 0.3) is 0 Å². The number of nitrogens with zero attached hydrogens (tertiary/aromatic N) is 1. The van der Waals surface area contributed by atoms with Crippen LogP contribution in [0.5, 0.6) is 0 Å². The zero-order valence-electron chi connectivity index (χ0n) is 4.87. The number of nitrogen functional groups attached to an aromatic ring is 1. The molecule has 6 heteroatoms. The van der Waals surface area contributed by atoms with E-state index in [1.54, 1.807) is 0 Å². The Labute approximate surface area is 86.3 Å². The van der Waals surface area contributed by atoms with Gasteiger partial charge < -0.3 is 20.6 Å². The van der Waals surface area contributed by atoms with Crippen molar-refractivity contribution in [3.63, 3.8) is 0 Å². The molecule has 0 saturated heterocycles. The molecule has 0 aliphatic heterocycles. The van der Waals surface area contributed by atoms with Gasteiger partial charge in [0.1, 0.15) is 0 Å². The fourth-order valence-electron chi connectivity index (χ4n) is 0.348.